The molecule has 0 unspecified atom stereocenters. The molecule has 1 heterocycles. The summed E-state index contributed by atoms with van der Waals surface area (Å²) < 4.78 is 11.1. The quantitative estimate of drug-likeness (QED) is 0.731. The number of hydrogen-bond donors (Lipinski definition) is 2. The maximum absolute atomic E-state index is 12.6. The summed E-state index contributed by atoms with van der Waals surface area (Å²) in [6, 6.07) is 13.9. The van der Waals surface area contributed by atoms with Crippen molar-refractivity contribution >= 4 is 17.5 Å². The molecular weight excluding hydrogens is 356 g/mol. The van der Waals surface area contributed by atoms with Crippen LogP contribution in [0.15, 0.2) is 48.5 Å². The molecular formula is C22H26N2O4. The number of para-hydroxylation sites is 1. The first-order valence-corrected chi connectivity index (χ1v) is 9.70. The van der Waals surface area contributed by atoms with Crippen LogP contribution in [-0.4, -0.2) is 37.7 Å². The van der Waals surface area contributed by atoms with Crippen LogP contribution in [0.1, 0.15) is 46.9 Å². The SMILES string of the molecule is CCCOc1ccc(C(=O)Nc2ccccc2C(=O)NC[C@@H]2CCCO2)cc1. The van der Waals surface area contributed by atoms with Gasteiger partial charge in [0.05, 0.1) is 24.0 Å². The number of amides is 2. The van der Waals surface area contributed by atoms with Crippen molar-refractivity contribution in [3.63, 3.8) is 0 Å². The predicted octanol–water partition coefficient (Wildman–Crippen LogP) is 3.64. The second kappa shape index (κ2) is 9.90. The average Bonchev–Trinajstić information content (AvgIpc) is 3.25. The second-order valence-corrected chi connectivity index (χ2v) is 6.72. The molecule has 0 radical (unpaired) electrons. The molecule has 1 saturated heterocycles. The van der Waals surface area contributed by atoms with Gasteiger partial charge < -0.3 is 20.1 Å². The highest BCUT2D eigenvalue weighted by Crippen LogP contribution is 2.18. The molecule has 1 fully saturated rings. The first-order chi connectivity index (χ1) is 13.7. The van der Waals surface area contributed by atoms with Gasteiger partial charge >= 0.3 is 0 Å². The summed E-state index contributed by atoms with van der Waals surface area (Å²) in [6.07, 6.45) is 2.97. The van der Waals surface area contributed by atoms with Crippen molar-refractivity contribution in [3.05, 3.63) is 59.7 Å². The van der Waals surface area contributed by atoms with E-state index in [1.807, 2.05) is 6.92 Å². The van der Waals surface area contributed by atoms with E-state index in [1.165, 1.54) is 0 Å². The average molecular weight is 382 g/mol. The van der Waals surface area contributed by atoms with Crippen LogP contribution in [0.5, 0.6) is 5.75 Å². The third kappa shape index (κ3) is 5.33. The van der Waals surface area contributed by atoms with Crippen molar-refractivity contribution < 1.29 is 19.1 Å². The monoisotopic (exact) mass is 382 g/mol. The Morgan fingerprint density at radius 3 is 2.61 bits per heavy atom. The van der Waals surface area contributed by atoms with Gasteiger partial charge in [-0.3, -0.25) is 9.59 Å². The Hall–Kier alpha value is -2.86. The van der Waals surface area contributed by atoms with E-state index in [9.17, 15) is 9.59 Å². The number of benzene rings is 2. The second-order valence-electron chi connectivity index (χ2n) is 6.72. The maximum Gasteiger partial charge on any atom is 0.255 e. The molecule has 1 atom stereocenters. The van der Waals surface area contributed by atoms with Crippen molar-refractivity contribution in [2.75, 3.05) is 25.1 Å². The van der Waals surface area contributed by atoms with Gasteiger partial charge in [0, 0.05) is 18.7 Å². The van der Waals surface area contributed by atoms with Gasteiger partial charge in [-0.15, -0.1) is 0 Å². The Balaban J connectivity index is 1.63. The molecule has 1 aliphatic heterocycles. The van der Waals surface area contributed by atoms with E-state index in [1.54, 1.807) is 48.5 Å². The fourth-order valence-corrected chi connectivity index (χ4v) is 3.01. The van der Waals surface area contributed by atoms with Gasteiger partial charge in [-0.2, -0.15) is 0 Å². The van der Waals surface area contributed by atoms with Gasteiger partial charge in [-0.25, -0.2) is 0 Å². The smallest absolute Gasteiger partial charge is 0.255 e. The lowest BCUT2D eigenvalue weighted by Crippen LogP contribution is -2.32. The first-order valence-electron chi connectivity index (χ1n) is 9.70. The number of nitrogens with one attached hydrogen (secondary N) is 2. The Morgan fingerprint density at radius 1 is 1.11 bits per heavy atom. The minimum absolute atomic E-state index is 0.0687. The molecule has 2 N–H and O–H groups in total. The molecule has 0 spiro atoms. The molecule has 3 rings (SSSR count). The van der Waals surface area contributed by atoms with Gasteiger partial charge in [-0.05, 0) is 55.7 Å². The topological polar surface area (TPSA) is 76.7 Å². The van der Waals surface area contributed by atoms with Gasteiger partial charge in [0.25, 0.3) is 11.8 Å². The van der Waals surface area contributed by atoms with Gasteiger partial charge in [0.1, 0.15) is 5.75 Å². The molecule has 28 heavy (non-hydrogen) atoms. The first kappa shape index (κ1) is 19.9. The van der Waals surface area contributed by atoms with Gasteiger partial charge in [-0.1, -0.05) is 19.1 Å². The highest BCUT2D eigenvalue weighted by molar-refractivity contribution is 6.09. The summed E-state index contributed by atoms with van der Waals surface area (Å²) in [5.41, 5.74) is 1.40. The molecule has 0 saturated carbocycles. The lowest BCUT2D eigenvalue weighted by atomic mass is 10.1. The standard InChI is InChI=1S/C22H26N2O4/c1-2-13-27-17-11-9-16(10-12-17)21(25)24-20-8-4-3-7-19(20)22(26)23-15-18-6-5-14-28-18/h3-4,7-12,18H,2,5-6,13-15H2,1H3,(H,23,26)(H,24,25)/t18-/m0/s1. The lowest BCUT2D eigenvalue weighted by molar-refractivity contribution is 0.0858. The lowest BCUT2D eigenvalue weighted by Gasteiger charge is -2.14. The summed E-state index contributed by atoms with van der Waals surface area (Å²) >= 11 is 0. The minimum atomic E-state index is -0.276. The van der Waals surface area contributed by atoms with Crippen molar-refractivity contribution in [2.45, 2.75) is 32.3 Å². The Bertz CT molecular complexity index is 798. The van der Waals surface area contributed by atoms with Crippen molar-refractivity contribution in [2.24, 2.45) is 0 Å². The summed E-state index contributed by atoms with van der Waals surface area (Å²) in [4.78, 5) is 25.1. The van der Waals surface area contributed by atoms with Gasteiger partial charge in [0.2, 0.25) is 0 Å². The maximum atomic E-state index is 12.6. The van der Waals surface area contributed by atoms with E-state index < -0.39 is 0 Å². The molecule has 2 amide bonds. The minimum Gasteiger partial charge on any atom is -0.494 e. The zero-order valence-corrected chi connectivity index (χ0v) is 16.1. The number of carbonyl (C=O) groups excluding carboxylic acids is 2. The number of carbonyl (C=O) groups is 2. The van der Waals surface area contributed by atoms with Crippen LogP contribution in [0.25, 0.3) is 0 Å². The number of ether oxygens (including phenoxy) is 2. The molecule has 2 aromatic rings. The van der Waals surface area contributed by atoms with Crippen LogP contribution in [0, 0.1) is 0 Å². The van der Waals surface area contributed by atoms with E-state index in [-0.39, 0.29) is 17.9 Å². The molecule has 6 heteroatoms. The molecule has 2 aromatic carbocycles. The van der Waals surface area contributed by atoms with Crippen LogP contribution in [0.2, 0.25) is 0 Å². The van der Waals surface area contributed by atoms with Crippen LogP contribution in [-0.2, 0) is 4.74 Å². The zero-order valence-electron chi connectivity index (χ0n) is 16.1. The highest BCUT2D eigenvalue weighted by Gasteiger charge is 2.18. The Morgan fingerprint density at radius 2 is 1.89 bits per heavy atom. The fourth-order valence-electron chi connectivity index (χ4n) is 3.01. The molecule has 1 aliphatic rings. The van der Waals surface area contributed by atoms with E-state index in [0.29, 0.717) is 30.0 Å². The van der Waals surface area contributed by atoms with Gasteiger partial charge in [0.15, 0.2) is 0 Å². The van der Waals surface area contributed by atoms with Crippen molar-refractivity contribution in [3.8, 4) is 5.75 Å². The summed E-state index contributed by atoms with van der Waals surface area (Å²) in [6.45, 7) is 3.89. The largest absolute Gasteiger partial charge is 0.494 e. The Labute approximate surface area is 165 Å². The van der Waals surface area contributed by atoms with Crippen LogP contribution in [0.3, 0.4) is 0 Å². The zero-order chi connectivity index (χ0) is 19.8. The molecule has 0 aliphatic carbocycles. The van der Waals surface area contributed by atoms with E-state index in [4.69, 9.17) is 9.47 Å². The van der Waals surface area contributed by atoms with Crippen LogP contribution in [0.4, 0.5) is 5.69 Å². The van der Waals surface area contributed by atoms with Crippen molar-refractivity contribution in [1.29, 1.82) is 0 Å². The number of hydrogen-bond acceptors (Lipinski definition) is 4. The number of anilines is 1. The third-order valence-corrected chi connectivity index (χ3v) is 4.52. The molecule has 6 nitrogen and oxygen atoms in total. The fraction of sp³-hybridized carbons (Fsp3) is 0.364. The normalized spacial score (nSPS) is 15.8. The molecule has 0 bridgehead atoms. The van der Waals surface area contributed by atoms with E-state index in [0.717, 1.165) is 31.6 Å². The van der Waals surface area contributed by atoms with Crippen molar-refractivity contribution in [1.82, 2.24) is 5.32 Å². The van der Waals surface area contributed by atoms with E-state index >= 15 is 0 Å². The number of rotatable bonds is 8. The predicted molar refractivity (Wildman–Crippen MR) is 108 cm³/mol. The van der Waals surface area contributed by atoms with E-state index in [2.05, 4.69) is 10.6 Å². The molecule has 0 aromatic heterocycles. The summed E-state index contributed by atoms with van der Waals surface area (Å²) in [7, 11) is 0. The Kier molecular flexibility index (Phi) is 7.03. The third-order valence-electron chi connectivity index (χ3n) is 4.52. The highest BCUT2D eigenvalue weighted by atomic mass is 16.5. The molecule has 148 valence electrons. The van der Waals surface area contributed by atoms with Crippen LogP contribution < -0.4 is 15.4 Å². The summed E-state index contributed by atoms with van der Waals surface area (Å²) in [5.74, 6) is 0.225. The van der Waals surface area contributed by atoms with Crippen LogP contribution >= 0.6 is 0 Å². The summed E-state index contributed by atoms with van der Waals surface area (Å²) in [5, 5.41) is 5.72.